The maximum atomic E-state index is 8.36. The van der Waals surface area contributed by atoms with Crippen molar-refractivity contribution in [2.75, 3.05) is 5.75 Å². The Hall–Kier alpha value is 0.700. The zero-order valence-electron chi connectivity index (χ0n) is 4.87. The summed E-state index contributed by atoms with van der Waals surface area (Å²) in [7, 11) is -1.70. The summed E-state index contributed by atoms with van der Waals surface area (Å²) in [5.74, 6) is 0.870. The molecule has 0 heterocycles. The van der Waals surface area contributed by atoms with Gasteiger partial charge in [-0.3, -0.25) is 0 Å². The van der Waals surface area contributed by atoms with Gasteiger partial charge < -0.3 is 9.79 Å². The molecule has 0 radical (unpaired) electrons. The molecule has 0 atom stereocenters. The van der Waals surface area contributed by atoms with Gasteiger partial charge in [0.25, 0.3) is 0 Å². The molecule has 0 aromatic rings. The van der Waals surface area contributed by atoms with Crippen LogP contribution in [0.3, 0.4) is 0 Å². The number of unbranched alkanes of at least 4 members (excludes halogenated alkanes) is 1. The highest BCUT2D eigenvalue weighted by molar-refractivity contribution is 8.52. The number of hydrogen-bond donors (Lipinski definition) is 2. The van der Waals surface area contributed by atoms with Crippen LogP contribution in [0.4, 0.5) is 0 Å². The van der Waals surface area contributed by atoms with Crippen molar-refractivity contribution < 1.29 is 9.79 Å². The average Bonchev–Trinajstić information content (AvgIpc) is 1.66. The first-order chi connectivity index (χ1) is 3.77. The standard InChI is InChI=1S/C4H11O2PS/c1-2-3-4-8-7(5)6/h5-6H,2-4H2,1H3. The lowest BCUT2D eigenvalue weighted by Gasteiger charge is -1.97. The molecule has 4 heteroatoms. The SMILES string of the molecule is CCCCSP(O)O. The first-order valence-electron chi connectivity index (χ1n) is 2.58. The number of rotatable bonds is 4. The molecule has 0 aliphatic carbocycles. The predicted molar refractivity (Wildman–Crippen MR) is 38.7 cm³/mol. The molecule has 2 N–H and O–H groups in total. The second-order valence-electron chi connectivity index (χ2n) is 1.44. The van der Waals surface area contributed by atoms with Crippen LogP contribution in [0.15, 0.2) is 0 Å². The Balaban J connectivity index is 2.72. The molecule has 0 bridgehead atoms. The van der Waals surface area contributed by atoms with Gasteiger partial charge in [0.1, 0.15) is 0 Å². The molecule has 0 unspecified atom stereocenters. The van der Waals surface area contributed by atoms with Crippen molar-refractivity contribution in [3.63, 3.8) is 0 Å². The van der Waals surface area contributed by atoms with E-state index >= 15 is 0 Å². The van der Waals surface area contributed by atoms with Crippen LogP contribution in [-0.4, -0.2) is 15.5 Å². The summed E-state index contributed by atoms with van der Waals surface area (Å²) in [6.07, 6.45) is 2.20. The molecule has 0 aliphatic rings. The van der Waals surface area contributed by atoms with E-state index in [1.54, 1.807) is 0 Å². The Kier molecular flexibility index (Phi) is 6.34. The lowest BCUT2D eigenvalue weighted by Crippen LogP contribution is -1.73. The van der Waals surface area contributed by atoms with Crippen LogP contribution in [0, 0.1) is 0 Å². The molecule has 50 valence electrons. The quantitative estimate of drug-likeness (QED) is 0.478. The summed E-state index contributed by atoms with van der Waals surface area (Å²) in [5, 5.41) is 0. The van der Waals surface area contributed by atoms with Gasteiger partial charge in [-0.05, 0) is 6.42 Å². The van der Waals surface area contributed by atoms with E-state index in [0.717, 1.165) is 18.6 Å². The molecule has 0 aliphatic heterocycles. The van der Waals surface area contributed by atoms with E-state index in [1.165, 1.54) is 11.4 Å². The summed E-state index contributed by atoms with van der Waals surface area (Å²) < 4.78 is 0. The monoisotopic (exact) mass is 154 g/mol. The highest BCUT2D eigenvalue weighted by atomic mass is 32.7. The van der Waals surface area contributed by atoms with E-state index in [-0.39, 0.29) is 0 Å². The Morgan fingerprint density at radius 3 is 2.50 bits per heavy atom. The van der Waals surface area contributed by atoms with Crippen molar-refractivity contribution in [1.82, 2.24) is 0 Å². The van der Waals surface area contributed by atoms with Crippen LogP contribution in [0.1, 0.15) is 19.8 Å². The summed E-state index contributed by atoms with van der Waals surface area (Å²) in [6.45, 7) is 2.08. The highest BCUT2D eigenvalue weighted by Gasteiger charge is 1.95. The Morgan fingerprint density at radius 1 is 1.50 bits per heavy atom. The smallest absolute Gasteiger partial charge is 0.232 e. The van der Waals surface area contributed by atoms with E-state index in [9.17, 15) is 0 Å². The van der Waals surface area contributed by atoms with Crippen molar-refractivity contribution in [2.24, 2.45) is 0 Å². The molecule has 0 aromatic carbocycles. The Bertz CT molecular complexity index is 51.3. The minimum absolute atomic E-state index is 0.870. The van der Waals surface area contributed by atoms with Crippen molar-refractivity contribution >= 4 is 19.0 Å². The number of hydrogen-bond acceptors (Lipinski definition) is 3. The fraction of sp³-hybridized carbons (Fsp3) is 1.00. The molecule has 0 rings (SSSR count). The van der Waals surface area contributed by atoms with Gasteiger partial charge in [-0.15, -0.1) is 0 Å². The van der Waals surface area contributed by atoms with Gasteiger partial charge in [0, 0.05) is 5.75 Å². The van der Waals surface area contributed by atoms with Crippen LogP contribution in [0.25, 0.3) is 0 Å². The molecule has 2 nitrogen and oxygen atoms in total. The maximum absolute atomic E-state index is 8.36. The minimum atomic E-state index is -1.70. The summed E-state index contributed by atoms with van der Waals surface area (Å²) in [4.78, 5) is 16.7. The molecular formula is C4H11O2PS. The van der Waals surface area contributed by atoms with Crippen LogP contribution < -0.4 is 0 Å². The molecule has 8 heavy (non-hydrogen) atoms. The van der Waals surface area contributed by atoms with Crippen LogP contribution >= 0.6 is 19.0 Å². The van der Waals surface area contributed by atoms with Crippen molar-refractivity contribution in [3.8, 4) is 0 Å². The first-order valence-corrected chi connectivity index (χ1v) is 5.42. The fourth-order valence-electron chi connectivity index (χ4n) is 0.291. The van der Waals surface area contributed by atoms with E-state index in [1.807, 2.05) is 0 Å². The van der Waals surface area contributed by atoms with Gasteiger partial charge in [-0.2, -0.15) is 0 Å². The highest BCUT2D eigenvalue weighted by Crippen LogP contribution is 2.40. The zero-order chi connectivity index (χ0) is 6.41. The summed E-state index contributed by atoms with van der Waals surface area (Å²) in [5.41, 5.74) is 0. The third kappa shape index (κ3) is 6.70. The molecule has 0 saturated carbocycles. The molecule has 0 fully saturated rings. The summed E-state index contributed by atoms with van der Waals surface area (Å²) >= 11 is 1.23. The van der Waals surface area contributed by atoms with E-state index in [4.69, 9.17) is 9.79 Å². The molecule has 0 amide bonds. The van der Waals surface area contributed by atoms with Gasteiger partial charge in [0.2, 0.25) is 7.58 Å². The van der Waals surface area contributed by atoms with Crippen LogP contribution in [0.2, 0.25) is 0 Å². The second-order valence-corrected chi connectivity index (χ2v) is 4.37. The van der Waals surface area contributed by atoms with E-state index in [0.29, 0.717) is 0 Å². The minimum Gasteiger partial charge on any atom is -0.342 e. The molecule has 0 spiro atoms. The topological polar surface area (TPSA) is 40.5 Å². The summed E-state index contributed by atoms with van der Waals surface area (Å²) in [6, 6.07) is 0. The van der Waals surface area contributed by atoms with Gasteiger partial charge >= 0.3 is 0 Å². The Morgan fingerprint density at radius 2 is 2.12 bits per heavy atom. The predicted octanol–water partition coefficient (Wildman–Crippen LogP) is 1.73. The zero-order valence-corrected chi connectivity index (χ0v) is 6.58. The Labute approximate surface area is 55.0 Å². The van der Waals surface area contributed by atoms with Crippen LogP contribution in [0.5, 0.6) is 0 Å². The molecule has 0 aromatic heterocycles. The second kappa shape index (κ2) is 5.83. The largest absolute Gasteiger partial charge is 0.342 e. The van der Waals surface area contributed by atoms with Gasteiger partial charge in [0.15, 0.2) is 0 Å². The van der Waals surface area contributed by atoms with Gasteiger partial charge in [-0.1, -0.05) is 24.7 Å². The maximum Gasteiger partial charge on any atom is 0.232 e. The van der Waals surface area contributed by atoms with Crippen molar-refractivity contribution in [1.29, 1.82) is 0 Å². The van der Waals surface area contributed by atoms with Crippen molar-refractivity contribution in [3.05, 3.63) is 0 Å². The van der Waals surface area contributed by atoms with E-state index < -0.39 is 7.58 Å². The third-order valence-electron chi connectivity index (χ3n) is 0.705. The lowest BCUT2D eigenvalue weighted by molar-refractivity contribution is 0.505. The molecular weight excluding hydrogens is 143 g/mol. The average molecular weight is 154 g/mol. The fourth-order valence-corrected chi connectivity index (χ4v) is 1.75. The van der Waals surface area contributed by atoms with E-state index in [2.05, 4.69) is 6.92 Å². The normalized spacial score (nSPS) is 10.5. The lowest BCUT2D eigenvalue weighted by atomic mass is 10.4. The van der Waals surface area contributed by atoms with Gasteiger partial charge in [0.05, 0.1) is 0 Å². The molecule has 0 saturated heterocycles. The third-order valence-corrected chi connectivity index (χ3v) is 2.65. The van der Waals surface area contributed by atoms with Crippen LogP contribution in [-0.2, 0) is 0 Å². The van der Waals surface area contributed by atoms with Crippen molar-refractivity contribution in [2.45, 2.75) is 19.8 Å². The van der Waals surface area contributed by atoms with Gasteiger partial charge in [-0.25, -0.2) is 0 Å². The first kappa shape index (κ1) is 8.70.